The highest BCUT2D eigenvalue weighted by Crippen LogP contribution is 2.43. The maximum Gasteiger partial charge on any atom is 0.472 e. The summed E-state index contributed by atoms with van der Waals surface area (Å²) in [5.41, 5.74) is 5.34. The van der Waals surface area contributed by atoms with Gasteiger partial charge < -0.3 is 20.1 Å². The van der Waals surface area contributed by atoms with Crippen molar-refractivity contribution in [3.8, 4) is 0 Å². The van der Waals surface area contributed by atoms with Crippen molar-refractivity contribution in [1.29, 1.82) is 0 Å². The number of rotatable bonds is 38. The molecule has 0 aromatic heterocycles. The van der Waals surface area contributed by atoms with Crippen molar-refractivity contribution in [3.63, 3.8) is 0 Å². The molecule has 0 rings (SSSR count). The molecule has 0 bridgehead atoms. The molecule has 50 heavy (non-hydrogen) atoms. The maximum absolute atomic E-state index is 12.5. The Morgan fingerprint density at radius 1 is 0.600 bits per heavy atom. The van der Waals surface area contributed by atoms with Gasteiger partial charge in [-0.2, -0.15) is 0 Å². The fraction of sp³-hybridized carbons (Fsp3) is 0.850. The Morgan fingerprint density at radius 3 is 1.56 bits per heavy atom. The number of esters is 2. The molecule has 0 aromatic carbocycles. The molecule has 0 aliphatic rings. The largest absolute Gasteiger partial charge is 0.472 e. The number of phosphoric ester groups is 1. The summed E-state index contributed by atoms with van der Waals surface area (Å²) in [6.45, 7) is 3.69. The van der Waals surface area contributed by atoms with Crippen molar-refractivity contribution in [2.45, 2.75) is 193 Å². The lowest BCUT2D eigenvalue weighted by Crippen LogP contribution is -2.29. The van der Waals surface area contributed by atoms with E-state index in [1.54, 1.807) is 0 Å². The lowest BCUT2D eigenvalue weighted by atomic mass is 10.0. The van der Waals surface area contributed by atoms with E-state index in [-0.39, 0.29) is 32.6 Å². The van der Waals surface area contributed by atoms with Crippen molar-refractivity contribution in [3.05, 3.63) is 24.3 Å². The number of hydrogen-bond acceptors (Lipinski definition) is 8. The van der Waals surface area contributed by atoms with E-state index in [1.807, 2.05) is 0 Å². The Balaban J connectivity index is 4.20. The van der Waals surface area contributed by atoms with Gasteiger partial charge in [-0.15, -0.1) is 0 Å². The smallest absolute Gasteiger partial charge is 0.462 e. The highest BCUT2D eigenvalue weighted by atomic mass is 31.2. The van der Waals surface area contributed by atoms with Crippen LogP contribution in [0, 0.1) is 0 Å². The molecule has 294 valence electrons. The molecule has 0 amide bonds. The molecule has 0 aliphatic carbocycles. The Morgan fingerprint density at radius 2 is 1.04 bits per heavy atom. The molecule has 0 radical (unpaired) electrons. The van der Waals surface area contributed by atoms with Gasteiger partial charge >= 0.3 is 19.8 Å². The molecule has 0 saturated heterocycles. The predicted octanol–water partition coefficient (Wildman–Crippen LogP) is 11.2. The van der Waals surface area contributed by atoms with Gasteiger partial charge in [0, 0.05) is 19.4 Å². The molecule has 0 heterocycles. The lowest BCUT2D eigenvalue weighted by molar-refractivity contribution is -0.161. The molecule has 0 saturated carbocycles. The molecular formula is C40H76NO8P. The minimum atomic E-state index is -4.37. The van der Waals surface area contributed by atoms with E-state index in [0.717, 1.165) is 57.8 Å². The molecule has 0 fully saturated rings. The van der Waals surface area contributed by atoms with Crippen molar-refractivity contribution >= 4 is 19.8 Å². The van der Waals surface area contributed by atoms with Crippen LogP contribution in [0.4, 0.5) is 0 Å². The van der Waals surface area contributed by atoms with Crippen LogP contribution in [-0.2, 0) is 32.7 Å². The summed E-state index contributed by atoms with van der Waals surface area (Å²) < 4.78 is 32.7. The Labute approximate surface area is 306 Å². The second-order valence-electron chi connectivity index (χ2n) is 13.5. The number of carbonyl (C=O) groups is 2. The Kier molecular flexibility index (Phi) is 36.1. The van der Waals surface area contributed by atoms with Gasteiger partial charge in [-0.1, -0.05) is 154 Å². The highest BCUT2D eigenvalue weighted by molar-refractivity contribution is 7.47. The van der Waals surface area contributed by atoms with Crippen LogP contribution >= 0.6 is 7.82 Å². The third-order valence-electron chi connectivity index (χ3n) is 8.59. The van der Waals surface area contributed by atoms with E-state index in [2.05, 4.69) is 38.2 Å². The summed E-state index contributed by atoms with van der Waals surface area (Å²) in [7, 11) is -4.37. The summed E-state index contributed by atoms with van der Waals surface area (Å²) in [6.07, 6.45) is 37.7. The first-order valence-corrected chi connectivity index (χ1v) is 21.8. The molecular weight excluding hydrogens is 653 g/mol. The topological polar surface area (TPSA) is 134 Å². The second-order valence-corrected chi connectivity index (χ2v) is 15.0. The van der Waals surface area contributed by atoms with E-state index in [0.29, 0.717) is 6.42 Å². The first kappa shape index (κ1) is 48.5. The maximum atomic E-state index is 12.5. The SMILES string of the molecule is CCCCC/C=C\C/C=C\CCCCCCCC(=O)OC[C@H](COP(=O)(O)OCCN)OC(=O)CCCCCCCCCCCCCCCC. The Bertz CT molecular complexity index is 881. The van der Waals surface area contributed by atoms with Crippen molar-refractivity contribution in [1.82, 2.24) is 0 Å². The first-order valence-electron chi connectivity index (χ1n) is 20.3. The van der Waals surface area contributed by atoms with Crippen LogP contribution in [0.3, 0.4) is 0 Å². The quantitative estimate of drug-likeness (QED) is 0.0275. The van der Waals surface area contributed by atoms with Gasteiger partial charge in [0.15, 0.2) is 6.10 Å². The second kappa shape index (κ2) is 37.3. The zero-order valence-electron chi connectivity index (χ0n) is 32.1. The van der Waals surface area contributed by atoms with Gasteiger partial charge in [0.05, 0.1) is 13.2 Å². The van der Waals surface area contributed by atoms with E-state index < -0.39 is 32.5 Å². The number of carbonyl (C=O) groups excluding carboxylic acids is 2. The monoisotopic (exact) mass is 730 g/mol. The summed E-state index contributed by atoms with van der Waals surface area (Å²) >= 11 is 0. The number of phosphoric acid groups is 1. The van der Waals surface area contributed by atoms with E-state index in [4.69, 9.17) is 24.3 Å². The van der Waals surface area contributed by atoms with E-state index in [9.17, 15) is 19.0 Å². The fourth-order valence-electron chi connectivity index (χ4n) is 5.55. The summed E-state index contributed by atoms with van der Waals surface area (Å²) in [6, 6.07) is 0. The van der Waals surface area contributed by atoms with Gasteiger partial charge in [-0.25, -0.2) is 4.57 Å². The van der Waals surface area contributed by atoms with Gasteiger partial charge in [-0.05, 0) is 44.9 Å². The van der Waals surface area contributed by atoms with E-state index in [1.165, 1.54) is 96.3 Å². The normalized spacial score (nSPS) is 13.6. The van der Waals surface area contributed by atoms with Crippen molar-refractivity contribution < 1.29 is 37.6 Å². The number of nitrogens with two attached hydrogens (primary N) is 1. The van der Waals surface area contributed by atoms with Crippen molar-refractivity contribution in [2.75, 3.05) is 26.4 Å². The number of allylic oxidation sites excluding steroid dienone is 4. The van der Waals surface area contributed by atoms with Crippen LogP contribution in [0.2, 0.25) is 0 Å². The summed E-state index contributed by atoms with van der Waals surface area (Å²) in [4.78, 5) is 34.8. The molecule has 0 spiro atoms. The number of ether oxygens (including phenoxy) is 2. The molecule has 0 aliphatic heterocycles. The highest BCUT2D eigenvalue weighted by Gasteiger charge is 2.26. The Hall–Kier alpha value is -1.51. The number of unbranched alkanes of at least 4 members (excludes halogenated alkanes) is 21. The predicted molar refractivity (Wildman–Crippen MR) is 206 cm³/mol. The average Bonchev–Trinajstić information content (AvgIpc) is 3.10. The minimum absolute atomic E-state index is 0.0529. The van der Waals surface area contributed by atoms with Crippen LogP contribution in [0.1, 0.15) is 187 Å². The molecule has 0 aromatic rings. The van der Waals surface area contributed by atoms with Gasteiger partial charge in [0.25, 0.3) is 0 Å². The van der Waals surface area contributed by atoms with Crippen LogP contribution in [-0.4, -0.2) is 49.3 Å². The van der Waals surface area contributed by atoms with Gasteiger partial charge in [-0.3, -0.25) is 18.6 Å². The summed E-state index contributed by atoms with van der Waals surface area (Å²) in [5.74, 6) is -0.840. The van der Waals surface area contributed by atoms with Crippen LogP contribution in [0.15, 0.2) is 24.3 Å². The molecule has 2 atom stereocenters. The van der Waals surface area contributed by atoms with Gasteiger partial charge in [0.1, 0.15) is 6.61 Å². The third kappa shape index (κ3) is 36.3. The van der Waals surface area contributed by atoms with Crippen LogP contribution in [0.25, 0.3) is 0 Å². The fourth-order valence-corrected chi connectivity index (χ4v) is 6.31. The van der Waals surface area contributed by atoms with Gasteiger partial charge in [0.2, 0.25) is 0 Å². The zero-order chi connectivity index (χ0) is 36.8. The number of hydrogen-bond donors (Lipinski definition) is 2. The van der Waals surface area contributed by atoms with Crippen LogP contribution < -0.4 is 5.73 Å². The van der Waals surface area contributed by atoms with Crippen LogP contribution in [0.5, 0.6) is 0 Å². The molecule has 10 heteroatoms. The van der Waals surface area contributed by atoms with E-state index >= 15 is 0 Å². The minimum Gasteiger partial charge on any atom is -0.462 e. The molecule has 9 nitrogen and oxygen atoms in total. The lowest BCUT2D eigenvalue weighted by Gasteiger charge is -2.19. The van der Waals surface area contributed by atoms with Crippen molar-refractivity contribution in [2.24, 2.45) is 5.73 Å². The third-order valence-corrected chi connectivity index (χ3v) is 9.57. The standard InChI is InChI=1S/C40H76NO8P/c1-3-5-7-9-11-13-15-17-19-21-22-24-26-28-30-32-39(42)46-36-38(37-48-50(44,45)47-35-34-41)49-40(43)33-31-29-27-25-23-20-18-16-14-12-10-8-6-4-2/h11,13,17,19,38H,3-10,12,14-16,18,20-37,41H2,1-2H3,(H,44,45)/b13-11-,19-17-/t38-/m1/s1. The average molecular weight is 730 g/mol. The summed E-state index contributed by atoms with van der Waals surface area (Å²) in [5, 5.41) is 0. The molecule has 1 unspecified atom stereocenters. The first-order chi connectivity index (χ1) is 24.3. The zero-order valence-corrected chi connectivity index (χ0v) is 33.0. The molecule has 3 N–H and O–H groups in total.